The van der Waals surface area contributed by atoms with Gasteiger partial charge in [-0.15, -0.1) is 11.3 Å². The van der Waals surface area contributed by atoms with Crippen molar-refractivity contribution in [3.8, 4) is 11.5 Å². The Morgan fingerprint density at radius 2 is 2.00 bits per heavy atom. The van der Waals surface area contributed by atoms with E-state index < -0.39 is 5.97 Å². The Morgan fingerprint density at radius 1 is 1.21 bits per heavy atom. The summed E-state index contributed by atoms with van der Waals surface area (Å²) in [5, 5.41) is 2.42. The number of carbonyl (C=O) groups excluding carboxylic acids is 2. The van der Waals surface area contributed by atoms with Gasteiger partial charge in [-0.2, -0.15) is 0 Å². The van der Waals surface area contributed by atoms with Gasteiger partial charge in [0.15, 0.2) is 17.2 Å². The van der Waals surface area contributed by atoms with Crippen molar-refractivity contribution in [1.82, 2.24) is 9.88 Å². The molecule has 0 atom stereocenters. The predicted molar refractivity (Wildman–Crippen MR) is 107 cm³/mol. The molecule has 2 aliphatic rings. The molecule has 8 heteroatoms. The third-order valence-electron chi connectivity index (χ3n) is 5.24. The summed E-state index contributed by atoms with van der Waals surface area (Å²) in [5.74, 6) is 0.771. The Bertz CT molecular complexity index is 891. The van der Waals surface area contributed by atoms with Gasteiger partial charge in [-0.25, -0.2) is 9.78 Å². The SMILES string of the molecule is CCOC(=O)c1csc(CN(C(=O)c2ccc3c(c2)OCO3)C2CCCCC2)n1. The second-order valence-corrected chi connectivity index (χ2v) is 8.08. The maximum absolute atomic E-state index is 13.4. The van der Waals surface area contributed by atoms with Crippen LogP contribution in [0.1, 0.15) is 64.9 Å². The molecule has 0 unspecified atom stereocenters. The van der Waals surface area contributed by atoms with Gasteiger partial charge in [0, 0.05) is 17.0 Å². The number of hydrogen-bond donors (Lipinski definition) is 0. The van der Waals surface area contributed by atoms with Crippen LogP contribution in [0.3, 0.4) is 0 Å². The van der Waals surface area contributed by atoms with Crippen molar-refractivity contribution in [2.45, 2.75) is 51.6 Å². The highest BCUT2D eigenvalue weighted by Crippen LogP contribution is 2.34. The van der Waals surface area contributed by atoms with Crippen LogP contribution in [-0.2, 0) is 11.3 Å². The van der Waals surface area contributed by atoms with Crippen LogP contribution in [0.15, 0.2) is 23.6 Å². The quantitative estimate of drug-likeness (QED) is 0.662. The average Bonchev–Trinajstić information content (AvgIpc) is 3.41. The molecule has 7 nitrogen and oxygen atoms in total. The van der Waals surface area contributed by atoms with Gasteiger partial charge in [-0.3, -0.25) is 4.79 Å². The Hall–Kier alpha value is -2.61. The van der Waals surface area contributed by atoms with Crippen LogP contribution >= 0.6 is 11.3 Å². The Morgan fingerprint density at radius 3 is 2.79 bits per heavy atom. The molecule has 1 amide bonds. The van der Waals surface area contributed by atoms with E-state index in [0.29, 0.717) is 35.9 Å². The minimum Gasteiger partial charge on any atom is -0.461 e. The van der Waals surface area contributed by atoms with Gasteiger partial charge in [0.1, 0.15) is 5.01 Å². The summed E-state index contributed by atoms with van der Waals surface area (Å²) < 4.78 is 15.8. The van der Waals surface area contributed by atoms with Crippen LogP contribution in [0.2, 0.25) is 0 Å². The molecule has 0 radical (unpaired) electrons. The highest BCUT2D eigenvalue weighted by Gasteiger charge is 2.29. The van der Waals surface area contributed by atoms with Gasteiger partial charge in [-0.05, 0) is 38.0 Å². The molecular formula is C21H24N2O5S. The van der Waals surface area contributed by atoms with Crippen LogP contribution in [0.4, 0.5) is 0 Å². The fourth-order valence-corrected chi connectivity index (χ4v) is 4.54. The molecule has 0 N–H and O–H groups in total. The first kappa shape index (κ1) is 19.7. The number of benzene rings is 1. The van der Waals surface area contributed by atoms with Gasteiger partial charge in [0.2, 0.25) is 6.79 Å². The second-order valence-electron chi connectivity index (χ2n) is 7.14. The van der Waals surface area contributed by atoms with Gasteiger partial charge in [-0.1, -0.05) is 19.3 Å². The molecule has 2 heterocycles. The molecule has 1 saturated carbocycles. The Labute approximate surface area is 173 Å². The third kappa shape index (κ3) is 4.37. The number of carbonyl (C=O) groups is 2. The van der Waals surface area contributed by atoms with Crippen LogP contribution < -0.4 is 9.47 Å². The summed E-state index contributed by atoms with van der Waals surface area (Å²) in [6.45, 7) is 2.62. The van der Waals surface area contributed by atoms with Gasteiger partial charge in [0.05, 0.1) is 13.2 Å². The normalized spacial score (nSPS) is 15.9. The summed E-state index contributed by atoms with van der Waals surface area (Å²) in [7, 11) is 0. The minimum atomic E-state index is -0.429. The maximum atomic E-state index is 13.4. The van der Waals surface area contributed by atoms with Crippen LogP contribution in [0, 0.1) is 0 Å². The second kappa shape index (κ2) is 8.82. The monoisotopic (exact) mass is 416 g/mol. The van der Waals surface area contributed by atoms with Crippen LogP contribution in [-0.4, -0.2) is 41.2 Å². The zero-order chi connectivity index (χ0) is 20.2. The fourth-order valence-electron chi connectivity index (χ4n) is 3.78. The molecule has 1 aromatic carbocycles. The number of thiazole rings is 1. The van der Waals surface area contributed by atoms with E-state index in [1.165, 1.54) is 17.8 Å². The number of hydrogen-bond acceptors (Lipinski definition) is 7. The summed E-state index contributed by atoms with van der Waals surface area (Å²) in [6.07, 6.45) is 5.38. The average molecular weight is 416 g/mol. The molecule has 0 saturated heterocycles. The molecule has 1 aliphatic heterocycles. The first-order chi connectivity index (χ1) is 14.2. The van der Waals surface area contributed by atoms with Gasteiger partial charge in [0.25, 0.3) is 5.91 Å². The first-order valence-electron chi connectivity index (χ1n) is 9.98. The fraction of sp³-hybridized carbons (Fsp3) is 0.476. The largest absolute Gasteiger partial charge is 0.461 e. The number of amides is 1. The van der Waals surface area contributed by atoms with Crippen molar-refractivity contribution in [3.05, 3.63) is 39.8 Å². The van der Waals surface area contributed by atoms with Crippen LogP contribution in [0.25, 0.3) is 0 Å². The molecule has 0 bridgehead atoms. The van der Waals surface area contributed by atoms with Crippen molar-refractivity contribution >= 4 is 23.2 Å². The van der Waals surface area contributed by atoms with E-state index in [1.54, 1.807) is 30.5 Å². The summed E-state index contributed by atoms with van der Waals surface area (Å²) in [4.78, 5) is 31.6. The molecule has 4 rings (SSSR count). The zero-order valence-electron chi connectivity index (χ0n) is 16.4. The predicted octanol–water partition coefficient (Wildman–Crippen LogP) is 4.02. The summed E-state index contributed by atoms with van der Waals surface area (Å²) >= 11 is 1.38. The highest BCUT2D eigenvalue weighted by molar-refractivity contribution is 7.09. The highest BCUT2D eigenvalue weighted by atomic mass is 32.1. The van der Waals surface area contributed by atoms with Crippen molar-refractivity contribution in [3.63, 3.8) is 0 Å². The Kier molecular flexibility index (Phi) is 5.99. The lowest BCUT2D eigenvalue weighted by molar-refractivity contribution is 0.0520. The number of aromatic nitrogens is 1. The van der Waals surface area contributed by atoms with E-state index in [1.807, 2.05) is 4.90 Å². The van der Waals surface area contributed by atoms with Crippen LogP contribution in [0.5, 0.6) is 11.5 Å². The van der Waals surface area contributed by atoms with Gasteiger partial charge < -0.3 is 19.1 Å². The Balaban J connectivity index is 1.56. The van der Waals surface area contributed by atoms with E-state index in [2.05, 4.69) is 4.98 Å². The molecule has 0 spiro atoms. The molecular weight excluding hydrogens is 392 g/mol. The molecule has 154 valence electrons. The van der Waals surface area contributed by atoms with Crippen molar-refractivity contribution in [2.75, 3.05) is 13.4 Å². The van der Waals surface area contributed by atoms with Crippen molar-refractivity contribution in [1.29, 1.82) is 0 Å². The topological polar surface area (TPSA) is 78.0 Å². The number of esters is 1. The lowest BCUT2D eigenvalue weighted by Gasteiger charge is -2.34. The summed E-state index contributed by atoms with van der Waals surface area (Å²) in [5.41, 5.74) is 0.868. The smallest absolute Gasteiger partial charge is 0.357 e. The first-order valence-corrected chi connectivity index (χ1v) is 10.9. The summed E-state index contributed by atoms with van der Waals surface area (Å²) in [6, 6.07) is 5.46. The zero-order valence-corrected chi connectivity index (χ0v) is 17.2. The lowest BCUT2D eigenvalue weighted by atomic mass is 9.93. The lowest BCUT2D eigenvalue weighted by Crippen LogP contribution is -2.41. The van der Waals surface area contributed by atoms with Gasteiger partial charge >= 0.3 is 5.97 Å². The molecule has 1 aliphatic carbocycles. The number of nitrogens with zero attached hydrogens (tertiary/aromatic N) is 2. The van der Waals surface area contributed by atoms with Crippen molar-refractivity contribution in [2.24, 2.45) is 0 Å². The molecule has 29 heavy (non-hydrogen) atoms. The van der Waals surface area contributed by atoms with E-state index in [0.717, 1.165) is 30.7 Å². The van der Waals surface area contributed by atoms with E-state index in [4.69, 9.17) is 14.2 Å². The van der Waals surface area contributed by atoms with E-state index in [-0.39, 0.29) is 18.7 Å². The van der Waals surface area contributed by atoms with Crippen molar-refractivity contribution < 1.29 is 23.8 Å². The maximum Gasteiger partial charge on any atom is 0.357 e. The molecule has 1 fully saturated rings. The molecule has 2 aromatic rings. The van der Waals surface area contributed by atoms with E-state index >= 15 is 0 Å². The minimum absolute atomic E-state index is 0.0527. The number of fused-ring (bicyclic) bond motifs is 1. The van der Waals surface area contributed by atoms with E-state index in [9.17, 15) is 9.59 Å². The number of rotatable bonds is 6. The molecule has 1 aromatic heterocycles. The number of ether oxygens (including phenoxy) is 3. The third-order valence-corrected chi connectivity index (χ3v) is 6.07. The standard InChI is InChI=1S/C21H24N2O5S/c1-2-26-21(25)16-12-29-19(22-16)11-23(15-6-4-3-5-7-15)20(24)14-8-9-17-18(10-14)28-13-27-17/h8-10,12,15H,2-7,11,13H2,1H3.